The summed E-state index contributed by atoms with van der Waals surface area (Å²) in [5.74, 6) is 1.55. The van der Waals surface area contributed by atoms with Crippen LogP contribution in [0, 0.1) is 12.8 Å². The van der Waals surface area contributed by atoms with Crippen molar-refractivity contribution in [3.63, 3.8) is 0 Å². The fourth-order valence-electron chi connectivity index (χ4n) is 1.81. The number of carbonyl (C=O) groups is 1. The van der Waals surface area contributed by atoms with Crippen LogP contribution in [0.5, 0.6) is 0 Å². The lowest BCUT2D eigenvalue weighted by molar-refractivity contribution is -0.118. The van der Waals surface area contributed by atoms with Gasteiger partial charge in [-0.25, -0.2) is 9.97 Å². The number of carbonyl (C=O) groups excluding carboxylic acids is 1. The van der Waals surface area contributed by atoms with E-state index in [1.807, 2.05) is 6.92 Å². The van der Waals surface area contributed by atoms with Crippen LogP contribution in [0.15, 0.2) is 17.7 Å². The number of aryl methyl sites for hydroxylation is 1. The highest BCUT2D eigenvalue weighted by molar-refractivity contribution is 7.99. The Hall–Kier alpha value is -1.83. The number of imidazole rings is 1. The average Bonchev–Trinajstić information content (AvgIpc) is 3.02. The molecular weight excluding hydrogens is 288 g/mol. The van der Waals surface area contributed by atoms with E-state index >= 15 is 0 Å². The van der Waals surface area contributed by atoms with Crippen molar-refractivity contribution in [3.05, 3.63) is 24.0 Å². The van der Waals surface area contributed by atoms with Gasteiger partial charge in [0.1, 0.15) is 5.82 Å². The van der Waals surface area contributed by atoms with Crippen molar-refractivity contribution >= 4 is 17.7 Å². The Morgan fingerprint density at radius 3 is 3.00 bits per heavy atom. The first-order chi connectivity index (χ1) is 10.0. The Balaban J connectivity index is 1.77. The molecule has 0 fully saturated rings. The maximum absolute atomic E-state index is 11.8. The topological polar surface area (TPSA) is 88.5 Å². The average molecular weight is 308 g/mol. The summed E-state index contributed by atoms with van der Waals surface area (Å²) < 4.78 is 2.07. The van der Waals surface area contributed by atoms with Gasteiger partial charge in [-0.05, 0) is 12.8 Å². The van der Waals surface area contributed by atoms with E-state index in [-0.39, 0.29) is 5.91 Å². The van der Waals surface area contributed by atoms with Crippen molar-refractivity contribution in [2.75, 3.05) is 5.75 Å². The molecule has 0 aliphatic carbocycles. The number of hydrogen-bond acceptors (Lipinski definition) is 5. The molecule has 2 heterocycles. The van der Waals surface area contributed by atoms with Crippen LogP contribution in [-0.2, 0) is 17.9 Å². The number of aromatic nitrogens is 5. The molecule has 0 atom stereocenters. The third kappa shape index (κ3) is 4.89. The fraction of sp³-hybridized carbons (Fsp3) is 0.538. The molecule has 0 aliphatic rings. The summed E-state index contributed by atoms with van der Waals surface area (Å²) in [6.07, 6.45) is 3.58. The molecule has 2 rings (SSSR count). The molecule has 0 aliphatic heterocycles. The quantitative estimate of drug-likeness (QED) is 0.754. The first kappa shape index (κ1) is 15.6. The van der Waals surface area contributed by atoms with Crippen LogP contribution in [0.1, 0.15) is 25.4 Å². The van der Waals surface area contributed by atoms with E-state index in [4.69, 9.17) is 0 Å². The molecule has 0 unspecified atom stereocenters. The van der Waals surface area contributed by atoms with Gasteiger partial charge in [-0.15, -0.1) is 5.10 Å². The molecule has 2 aromatic rings. The Kier molecular flexibility index (Phi) is 5.38. The van der Waals surface area contributed by atoms with Gasteiger partial charge >= 0.3 is 0 Å². The SMILES string of the molecule is Cc1nc(SCC(=O)NCc2cncn2CC(C)C)n[nH]1. The Morgan fingerprint density at radius 1 is 1.52 bits per heavy atom. The van der Waals surface area contributed by atoms with Gasteiger partial charge in [0.2, 0.25) is 11.1 Å². The standard InChI is InChI=1S/C13H20N6OS/c1-9(2)6-19-8-14-4-11(19)5-15-12(20)7-21-13-16-10(3)17-18-13/h4,8-9H,5-7H2,1-3H3,(H,15,20)(H,16,17,18). The highest BCUT2D eigenvalue weighted by Crippen LogP contribution is 2.11. The highest BCUT2D eigenvalue weighted by Gasteiger charge is 2.08. The van der Waals surface area contributed by atoms with Crippen LogP contribution in [0.2, 0.25) is 0 Å². The van der Waals surface area contributed by atoms with Gasteiger partial charge in [0.15, 0.2) is 0 Å². The molecule has 0 radical (unpaired) electrons. The zero-order valence-corrected chi connectivity index (χ0v) is 13.3. The van der Waals surface area contributed by atoms with E-state index in [9.17, 15) is 4.79 Å². The first-order valence-corrected chi connectivity index (χ1v) is 7.80. The molecule has 8 heteroatoms. The number of rotatable bonds is 7. The van der Waals surface area contributed by atoms with Crippen molar-refractivity contribution in [3.8, 4) is 0 Å². The van der Waals surface area contributed by atoms with Crippen LogP contribution < -0.4 is 5.32 Å². The molecule has 0 saturated carbocycles. The number of aromatic amines is 1. The second-order valence-electron chi connectivity index (χ2n) is 5.20. The molecule has 0 saturated heterocycles. The van der Waals surface area contributed by atoms with Gasteiger partial charge in [0.05, 0.1) is 24.3 Å². The molecule has 21 heavy (non-hydrogen) atoms. The van der Waals surface area contributed by atoms with Crippen LogP contribution in [0.25, 0.3) is 0 Å². The van der Waals surface area contributed by atoms with Gasteiger partial charge in [-0.2, -0.15) is 0 Å². The minimum atomic E-state index is -0.0419. The molecule has 0 aromatic carbocycles. The smallest absolute Gasteiger partial charge is 0.230 e. The lowest BCUT2D eigenvalue weighted by Crippen LogP contribution is -2.26. The normalized spacial score (nSPS) is 11.0. The van der Waals surface area contributed by atoms with E-state index in [0.717, 1.165) is 18.1 Å². The molecule has 2 aromatic heterocycles. The van der Waals surface area contributed by atoms with Gasteiger partial charge < -0.3 is 9.88 Å². The van der Waals surface area contributed by atoms with E-state index in [1.165, 1.54) is 11.8 Å². The third-order valence-electron chi connectivity index (χ3n) is 2.74. The number of nitrogens with zero attached hydrogens (tertiary/aromatic N) is 4. The largest absolute Gasteiger partial charge is 0.350 e. The predicted octanol–water partition coefficient (Wildman–Crippen LogP) is 1.37. The molecule has 114 valence electrons. The third-order valence-corrected chi connectivity index (χ3v) is 3.58. The maximum Gasteiger partial charge on any atom is 0.230 e. The number of nitrogens with one attached hydrogen (secondary N) is 2. The summed E-state index contributed by atoms with van der Waals surface area (Å²) in [4.78, 5) is 20.1. The summed E-state index contributed by atoms with van der Waals surface area (Å²) in [5, 5.41) is 10.2. The van der Waals surface area contributed by atoms with Crippen molar-refractivity contribution in [1.82, 2.24) is 30.0 Å². The minimum absolute atomic E-state index is 0.0419. The molecule has 0 spiro atoms. The van der Waals surface area contributed by atoms with Crippen molar-refractivity contribution in [2.24, 2.45) is 5.92 Å². The second kappa shape index (κ2) is 7.26. The number of H-pyrrole nitrogens is 1. The van der Waals surface area contributed by atoms with Gasteiger partial charge in [0, 0.05) is 12.7 Å². The van der Waals surface area contributed by atoms with Gasteiger partial charge in [0.25, 0.3) is 0 Å². The summed E-state index contributed by atoms with van der Waals surface area (Å²) in [5.41, 5.74) is 1.01. The second-order valence-corrected chi connectivity index (χ2v) is 6.14. The van der Waals surface area contributed by atoms with E-state index in [2.05, 4.69) is 43.9 Å². The molecular formula is C13H20N6OS. The highest BCUT2D eigenvalue weighted by atomic mass is 32.2. The lowest BCUT2D eigenvalue weighted by Gasteiger charge is -2.11. The zero-order valence-electron chi connectivity index (χ0n) is 12.5. The molecule has 1 amide bonds. The molecule has 0 bridgehead atoms. The molecule has 7 nitrogen and oxygen atoms in total. The Labute approximate surface area is 127 Å². The summed E-state index contributed by atoms with van der Waals surface area (Å²) in [6, 6.07) is 0. The van der Waals surface area contributed by atoms with Crippen LogP contribution in [0.4, 0.5) is 0 Å². The van der Waals surface area contributed by atoms with E-state index in [1.54, 1.807) is 12.5 Å². The predicted molar refractivity (Wildman–Crippen MR) is 80.8 cm³/mol. The lowest BCUT2D eigenvalue weighted by atomic mass is 10.2. The van der Waals surface area contributed by atoms with Crippen LogP contribution >= 0.6 is 11.8 Å². The Morgan fingerprint density at radius 2 is 2.33 bits per heavy atom. The summed E-state index contributed by atoms with van der Waals surface area (Å²) in [6.45, 7) is 7.51. The monoisotopic (exact) mass is 308 g/mol. The van der Waals surface area contributed by atoms with Crippen molar-refractivity contribution in [2.45, 2.75) is 39.0 Å². The maximum atomic E-state index is 11.8. The molecule has 2 N–H and O–H groups in total. The summed E-state index contributed by atoms with van der Waals surface area (Å²) >= 11 is 1.31. The number of amides is 1. The minimum Gasteiger partial charge on any atom is -0.350 e. The summed E-state index contributed by atoms with van der Waals surface area (Å²) in [7, 11) is 0. The zero-order chi connectivity index (χ0) is 15.2. The van der Waals surface area contributed by atoms with Crippen molar-refractivity contribution < 1.29 is 4.79 Å². The van der Waals surface area contributed by atoms with E-state index < -0.39 is 0 Å². The number of thioether (sulfide) groups is 1. The number of hydrogen-bond donors (Lipinski definition) is 2. The Bertz CT molecular complexity index is 591. The van der Waals surface area contributed by atoms with Gasteiger partial charge in [-0.1, -0.05) is 25.6 Å². The van der Waals surface area contributed by atoms with Crippen LogP contribution in [-0.4, -0.2) is 36.4 Å². The van der Waals surface area contributed by atoms with Gasteiger partial charge in [-0.3, -0.25) is 9.89 Å². The fourth-order valence-corrected chi connectivity index (χ4v) is 2.48. The van der Waals surface area contributed by atoms with Crippen LogP contribution in [0.3, 0.4) is 0 Å². The van der Waals surface area contributed by atoms with Crippen molar-refractivity contribution in [1.29, 1.82) is 0 Å². The van der Waals surface area contributed by atoms with E-state index in [0.29, 0.717) is 23.4 Å². The first-order valence-electron chi connectivity index (χ1n) is 6.82.